The van der Waals surface area contributed by atoms with Crippen molar-refractivity contribution in [3.8, 4) is 5.88 Å². The first-order chi connectivity index (χ1) is 13.5. The van der Waals surface area contributed by atoms with E-state index >= 15 is 0 Å². The van der Waals surface area contributed by atoms with Gasteiger partial charge in [-0.3, -0.25) is 0 Å². The van der Waals surface area contributed by atoms with Gasteiger partial charge in [-0.05, 0) is 70.2 Å². The SMILES string of the molecule is Cc1cc(CNCCC2(c3cccc(O)n3)CCOC3(CCCC3)C2)sc1C. The van der Waals surface area contributed by atoms with E-state index in [-0.39, 0.29) is 16.9 Å². The molecule has 0 bridgehead atoms. The van der Waals surface area contributed by atoms with Gasteiger partial charge in [0.2, 0.25) is 5.88 Å². The summed E-state index contributed by atoms with van der Waals surface area (Å²) in [6.07, 6.45) is 7.87. The summed E-state index contributed by atoms with van der Waals surface area (Å²) in [4.78, 5) is 7.36. The smallest absolute Gasteiger partial charge is 0.210 e. The van der Waals surface area contributed by atoms with Crippen molar-refractivity contribution in [3.05, 3.63) is 45.3 Å². The summed E-state index contributed by atoms with van der Waals surface area (Å²) in [5.41, 5.74) is 2.42. The van der Waals surface area contributed by atoms with Crippen LogP contribution in [-0.4, -0.2) is 28.8 Å². The zero-order valence-corrected chi connectivity index (χ0v) is 17.9. The molecule has 1 unspecified atom stereocenters. The average molecular weight is 401 g/mol. The van der Waals surface area contributed by atoms with E-state index in [9.17, 15) is 5.11 Å². The molecule has 2 N–H and O–H groups in total. The van der Waals surface area contributed by atoms with Crippen molar-refractivity contribution in [2.75, 3.05) is 13.2 Å². The summed E-state index contributed by atoms with van der Waals surface area (Å²) >= 11 is 1.89. The quantitative estimate of drug-likeness (QED) is 0.670. The average Bonchev–Trinajstić information content (AvgIpc) is 3.25. The topological polar surface area (TPSA) is 54.4 Å². The van der Waals surface area contributed by atoms with Crippen molar-refractivity contribution >= 4 is 11.3 Å². The second-order valence-corrected chi connectivity index (χ2v) is 10.0. The summed E-state index contributed by atoms with van der Waals surface area (Å²) < 4.78 is 6.32. The highest BCUT2D eigenvalue weighted by atomic mass is 32.1. The van der Waals surface area contributed by atoms with Crippen molar-refractivity contribution < 1.29 is 9.84 Å². The summed E-state index contributed by atoms with van der Waals surface area (Å²) in [6, 6.07) is 7.99. The number of nitrogens with zero attached hydrogens (tertiary/aromatic N) is 1. The Balaban J connectivity index is 1.48. The number of nitrogens with one attached hydrogen (secondary N) is 1. The van der Waals surface area contributed by atoms with E-state index in [1.54, 1.807) is 6.07 Å². The van der Waals surface area contributed by atoms with Gasteiger partial charge in [0.05, 0.1) is 11.3 Å². The highest BCUT2D eigenvalue weighted by Gasteiger charge is 2.48. The molecule has 0 aromatic carbocycles. The minimum Gasteiger partial charge on any atom is -0.493 e. The lowest BCUT2D eigenvalue weighted by atomic mass is 9.68. The number of ether oxygens (including phenoxy) is 1. The molecule has 2 fully saturated rings. The fraction of sp³-hybridized carbons (Fsp3) is 0.609. The molecule has 1 atom stereocenters. The minimum absolute atomic E-state index is 0.0182. The van der Waals surface area contributed by atoms with Crippen LogP contribution in [0.5, 0.6) is 5.88 Å². The maximum absolute atomic E-state index is 10.0. The molecular formula is C23H32N2O2S. The van der Waals surface area contributed by atoms with E-state index in [2.05, 4.69) is 36.3 Å². The van der Waals surface area contributed by atoms with Crippen LogP contribution in [-0.2, 0) is 16.7 Å². The second-order valence-electron chi connectivity index (χ2n) is 8.71. The van der Waals surface area contributed by atoms with Crippen LogP contribution in [0.15, 0.2) is 24.3 Å². The third kappa shape index (κ3) is 4.12. The number of rotatable bonds is 6. The number of aryl methyl sites for hydroxylation is 2. The van der Waals surface area contributed by atoms with Crippen LogP contribution >= 0.6 is 11.3 Å². The highest BCUT2D eigenvalue weighted by Crippen LogP contribution is 2.49. The van der Waals surface area contributed by atoms with Crippen molar-refractivity contribution in [3.63, 3.8) is 0 Å². The third-order valence-corrected chi connectivity index (χ3v) is 7.89. The number of hydrogen-bond acceptors (Lipinski definition) is 5. The fourth-order valence-corrected chi connectivity index (χ4v) is 6.14. The molecule has 3 heterocycles. The van der Waals surface area contributed by atoms with E-state index in [4.69, 9.17) is 4.74 Å². The normalized spacial score (nSPS) is 24.1. The van der Waals surface area contributed by atoms with Gasteiger partial charge in [-0.2, -0.15) is 0 Å². The summed E-state index contributed by atoms with van der Waals surface area (Å²) in [7, 11) is 0. The van der Waals surface area contributed by atoms with Gasteiger partial charge < -0.3 is 15.2 Å². The number of aromatic hydroxyl groups is 1. The summed E-state index contributed by atoms with van der Waals surface area (Å²) in [5, 5.41) is 13.7. The molecule has 2 aromatic heterocycles. The van der Waals surface area contributed by atoms with Crippen molar-refractivity contribution in [2.24, 2.45) is 0 Å². The lowest BCUT2D eigenvalue weighted by Crippen LogP contribution is -2.47. The van der Waals surface area contributed by atoms with E-state index in [1.165, 1.54) is 28.2 Å². The predicted molar refractivity (Wildman–Crippen MR) is 114 cm³/mol. The Labute approximate surface area is 172 Å². The molecule has 5 heteroatoms. The van der Waals surface area contributed by atoms with E-state index in [1.807, 2.05) is 17.4 Å². The molecule has 4 rings (SSSR count). The van der Waals surface area contributed by atoms with Crippen LogP contribution in [0.3, 0.4) is 0 Å². The zero-order valence-electron chi connectivity index (χ0n) is 17.1. The van der Waals surface area contributed by atoms with Gasteiger partial charge >= 0.3 is 0 Å². The third-order valence-electron chi connectivity index (χ3n) is 6.74. The van der Waals surface area contributed by atoms with Crippen LogP contribution in [0, 0.1) is 13.8 Å². The molecule has 152 valence electrons. The minimum atomic E-state index is -0.0182. The molecule has 4 nitrogen and oxygen atoms in total. The van der Waals surface area contributed by atoms with Gasteiger partial charge in [-0.25, -0.2) is 4.98 Å². The van der Waals surface area contributed by atoms with Gasteiger partial charge in [-0.15, -0.1) is 11.3 Å². The lowest BCUT2D eigenvalue weighted by molar-refractivity contribution is -0.104. The molecular weight excluding hydrogens is 368 g/mol. The Morgan fingerprint density at radius 3 is 2.75 bits per heavy atom. The molecule has 1 aliphatic heterocycles. The molecule has 1 saturated heterocycles. The Kier molecular flexibility index (Phi) is 5.77. The Hall–Kier alpha value is -1.43. The van der Waals surface area contributed by atoms with Gasteiger partial charge in [0, 0.05) is 34.4 Å². The fourth-order valence-electron chi connectivity index (χ4n) is 5.11. The van der Waals surface area contributed by atoms with Crippen molar-refractivity contribution in [1.29, 1.82) is 0 Å². The van der Waals surface area contributed by atoms with Gasteiger partial charge in [0.1, 0.15) is 0 Å². The molecule has 0 amide bonds. The standard InChI is InChI=1S/C23H32N2O2S/c1-17-14-19(28-18(17)2)15-24-12-10-22(20-6-5-7-21(26)25-20)11-13-27-23(16-22)8-3-4-9-23/h5-7,14,24H,3-4,8-13,15-16H2,1-2H3,(H,25,26). The first-order valence-electron chi connectivity index (χ1n) is 10.6. The number of hydrogen-bond donors (Lipinski definition) is 2. The van der Waals surface area contributed by atoms with Crippen LogP contribution in [0.25, 0.3) is 0 Å². The van der Waals surface area contributed by atoms with Crippen molar-refractivity contribution in [1.82, 2.24) is 10.3 Å². The summed E-state index contributed by atoms with van der Waals surface area (Å²) in [6.45, 7) is 7.03. The predicted octanol–water partition coefficient (Wildman–Crippen LogP) is 5.01. The molecule has 1 saturated carbocycles. The van der Waals surface area contributed by atoms with E-state index < -0.39 is 0 Å². The monoisotopic (exact) mass is 400 g/mol. The second kappa shape index (κ2) is 8.13. The largest absolute Gasteiger partial charge is 0.493 e. The zero-order chi connectivity index (χ0) is 19.6. The lowest BCUT2D eigenvalue weighted by Gasteiger charge is -2.46. The highest BCUT2D eigenvalue weighted by molar-refractivity contribution is 7.12. The van der Waals surface area contributed by atoms with Gasteiger partial charge in [0.25, 0.3) is 0 Å². The maximum atomic E-state index is 10.0. The van der Waals surface area contributed by atoms with Crippen LogP contribution in [0.4, 0.5) is 0 Å². The first kappa shape index (κ1) is 19.9. The molecule has 2 aromatic rings. The van der Waals surface area contributed by atoms with Gasteiger partial charge in [-0.1, -0.05) is 18.9 Å². The molecule has 2 aliphatic rings. The Morgan fingerprint density at radius 1 is 1.21 bits per heavy atom. The van der Waals surface area contributed by atoms with E-state index in [0.717, 1.165) is 57.5 Å². The maximum Gasteiger partial charge on any atom is 0.210 e. The molecule has 28 heavy (non-hydrogen) atoms. The molecule has 1 spiro atoms. The number of pyridine rings is 1. The molecule has 0 radical (unpaired) electrons. The Morgan fingerprint density at radius 2 is 2.04 bits per heavy atom. The van der Waals surface area contributed by atoms with E-state index in [0.29, 0.717) is 0 Å². The first-order valence-corrected chi connectivity index (χ1v) is 11.4. The number of thiophene rings is 1. The van der Waals surface area contributed by atoms with Crippen LogP contribution in [0.1, 0.15) is 66.0 Å². The Bertz CT molecular complexity index is 793. The van der Waals surface area contributed by atoms with Crippen LogP contribution in [0.2, 0.25) is 0 Å². The van der Waals surface area contributed by atoms with Crippen molar-refractivity contribution in [2.45, 2.75) is 76.4 Å². The van der Waals surface area contributed by atoms with Crippen LogP contribution < -0.4 is 5.32 Å². The number of aromatic nitrogens is 1. The molecule has 1 aliphatic carbocycles. The van der Waals surface area contributed by atoms with Gasteiger partial charge in [0.15, 0.2) is 0 Å². The summed E-state index contributed by atoms with van der Waals surface area (Å²) in [5.74, 6) is 0.126.